The lowest BCUT2D eigenvalue weighted by Crippen LogP contribution is -2.07. The zero-order valence-corrected chi connectivity index (χ0v) is 12.9. The highest BCUT2D eigenvalue weighted by Gasteiger charge is 2.20. The van der Waals surface area contributed by atoms with E-state index >= 15 is 0 Å². The summed E-state index contributed by atoms with van der Waals surface area (Å²) >= 11 is 3.45. The molecule has 2 rings (SSSR count). The number of halogens is 1. The van der Waals surface area contributed by atoms with Crippen molar-refractivity contribution in [1.29, 1.82) is 0 Å². The number of methoxy groups -OCH3 is 2. The Morgan fingerprint density at radius 1 is 1.00 bits per heavy atom. The third-order valence-electron chi connectivity index (χ3n) is 2.99. The highest BCUT2D eigenvalue weighted by molar-refractivity contribution is 9.09. The smallest absolute Gasteiger partial charge is 0.180 e. The second kappa shape index (κ2) is 6.57. The normalized spacial score (nSPS) is 11.8. The topological polar surface area (TPSA) is 35.5 Å². The van der Waals surface area contributed by atoms with Crippen LogP contribution < -0.4 is 9.47 Å². The minimum absolute atomic E-state index is 0.0119. The molecule has 0 unspecified atom stereocenters. The Morgan fingerprint density at radius 2 is 1.65 bits per heavy atom. The van der Waals surface area contributed by atoms with Gasteiger partial charge < -0.3 is 9.47 Å². The number of hydrogen-bond acceptors (Lipinski definition) is 3. The zero-order valence-electron chi connectivity index (χ0n) is 11.3. The summed E-state index contributed by atoms with van der Waals surface area (Å²) in [6.45, 7) is 0. The van der Waals surface area contributed by atoms with E-state index in [4.69, 9.17) is 9.47 Å². The number of benzene rings is 2. The fourth-order valence-corrected chi connectivity index (χ4v) is 2.46. The molecule has 0 fully saturated rings. The quantitative estimate of drug-likeness (QED) is 0.611. The van der Waals surface area contributed by atoms with Gasteiger partial charge >= 0.3 is 0 Å². The molecule has 0 aliphatic carbocycles. The van der Waals surface area contributed by atoms with Crippen LogP contribution in [0, 0.1) is 0 Å². The van der Waals surface area contributed by atoms with Crippen LogP contribution >= 0.6 is 15.9 Å². The molecule has 3 nitrogen and oxygen atoms in total. The average Bonchev–Trinajstić information content (AvgIpc) is 2.53. The monoisotopic (exact) mass is 334 g/mol. The molecular formula is C16H15BrO3. The lowest BCUT2D eigenvalue weighted by Gasteiger charge is -2.13. The largest absolute Gasteiger partial charge is 0.493 e. The molecule has 0 heterocycles. The third kappa shape index (κ3) is 3.02. The molecule has 2 aromatic rings. The van der Waals surface area contributed by atoms with Gasteiger partial charge in [-0.15, -0.1) is 0 Å². The first-order valence-electron chi connectivity index (χ1n) is 6.12. The average molecular weight is 335 g/mol. The zero-order chi connectivity index (χ0) is 14.5. The number of alkyl halides is 1. The van der Waals surface area contributed by atoms with Gasteiger partial charge in [-0.2, -0.15) is 0 Å². The number of ketones is 1. The first kappa shape index (κ1) is 14.6. The van der Waals surface area contributed by atoms with Gasteiger partial charge in [0.15, 0.2) is 17.3 Å². The summed E-state index contributed by atoms with van der Waals surface area (Å²) in [5, 5.41) is 0. The van der Waals surface area contributed by atoms with Gasteiger partial charge in [0, 0.05) is 5.56 Å². The molecule has 0 N–H and O–H groups in total. The Bertz CT molecular complexity index is 596. The molecule has 0 bridgehead atoms. The molecule has 0 saturated heterocycles. The van der Waals surface area contributed by atoms with E-state index in [-0.39, 0.29) is 5.78 Å². The molecule has 0 aliphatic heterocycles. The van der Waals surface area contributed by atoms with Crippen molar-refractivity contribution in [3.63, 3.8) is 0 Å². The van der Waals surface area contributed by atoms with Crippen molar-refractivity contribution in [3.05, 3.63) is 59.7 Å². The number of Topliss-reactive ketones (excluding diaryl/α,β-unsaturated/α-hetero) is 1. The first-order chi connectivity index (χ1) is 9.67. The lowest BCUT2D eigenvalue weighted by atomic mass is 10.0. The summed E-state index contributed by atoms with van der Waals surface area (Å²) in [6, 6.07) is 14.6. The Balaban J connectivity index is 2.29. The van der Waals surface area contributed by atoms with Crippen LogP contribution in [0.5, 0.6) is 11.5 Å². The van der Waals surface area contributed by atoms with Crippen molar-refractivity contribution in [2.24, 2.45) is 0 Å². The van der Waals surface area contributed by atoms with Crippen molar-refractivity contribution in [3.8, 4) is 11.5 Å². The van der Waals surface area contributed by atoms with E-state index in [2.05, 4.69) is 15.9 Å². The van der Waals surface area contributed by atoms with Gasteiger partial charge in [0.2, 0.25) is 0 Å². The van der Waals surface area contributed by atoms with Crippen LogP contribution in [0.2, 0.25) is 0 Å². The Morgan fingerprint density at radius 3 is 2.25 bits per heavy atom. The molecule has 0 amide bonds. The molecule has 2 aromatic carbocycles. The lowest BCUT2D eigenvalue weighted by molar-refractivity contribution is 0.0991. The molecule has 0 aliphatic rings. The molecule has 20 heavy (non-hydrogen) atoms. The molecule has 1 atom stereocenters. The van der Waals surface area contributed by atoms with Crippen LogP contribution in [0.4, 0.5) is 0 Å². The molecule has 0 aromatic heterocycles. The highest BCUT2D eigenvalue weighted by Crippen LogP contribution is 2.34. The van der Waals surface area contributed by atoms with Crippen LogP contribution in [0.3, 0.4) is 0 Å². The number of hydrogen-bond donors (Lipinski definition) is 0. The standard InChI is InChI=1S/C16H15BrO3/c1-19-13-9-8-12(10-14(13)20-2)15(17)16(18)11-6-4-3-5-7-11/h3-10,15H,1-2H3/t15-/m1/s1. The van der Waals surface area contributed by atoms with Gasteiger partial charge in [-0.25, -0.2) is 0 Å². The van der Waals surface area contributed by atoms with Gasteiger partial charge in [-0.3, -0.25) is 4.79 Å². The van der Waals surface area contributed by atoms with E-state index in [1.165, 1.54) is 0 Å². The van der Waals surface area contributed by atoms with E-state index in [1.807, 2.05) is 24.3 Å². The Kier molecular flexibility index (Phi) is 4.79. The fourth-order valence-electron chi connectivity index (χ4n) is 1.91. The van der Waals surface area contributed by atoms with Crippen LogP contribution in [-0.2, 0) is 0 Å². The maximum absolute atomic E-state index is 12.4. The maximum atomic E-state index is 12.4. The maximum Gasteiger partial charge on any atom is 0.180 e. The first-order valence-corrected chi connectivity index (χ1v) is 7.04. The van der Waals surface area contributed by atoms with Gasteiger partial charge in [-0.05, 0) is 17.7 Å². The van der Waals surface area contributed by atoms with Crippen LogP contribution in [-0.4, -0.2) is 20.0 Å². The van der Waals surface area contributed by atoms with Crippen molar-refractivity contribution >= 4 is 21.7 Å². The van der Waals surface area contributed by atoms with Gasteiger partial charge in [0.25, 0.3) is 0 Å². The Hall–Kier alpha value is -1.81. The molecular weight excluding hydrogens is 320 g/mol. The predicted molar refractivity (Wildman–Crippen MR) is 82.0 cm³/mol. The molecule has 4 heteroatoms. The Labute approximate surface area is 126 Å². The van der Waals surface area contributed by atoms with Crippen LogP contribution in [0.1, 0.15) is 20.7 Å². The minimum Gasteiger partial charge on any atom is -0.493 e. The van der Waals surface area contributed by atoms with Crippen molar-refractivity contribution in [2.45, 2.75) is 4.83 Å². The predicted octanol–water partition coefficient (Wildman–Crippen LogP) is 4.02. The number of carbonyl (C=O) groups excluding carboxylic acids is 1. The fraction of sp³-hybridized carbons (Fsp3) is 0.188. The minimum atomic E-state index is -0.412. The number of rotatable bonds is 5. The van der Waals surface area contributed by atoms with E-state index in [1.54, 1.807) is 38.5 Å². The van der Waals surface area contributed by atoms with Crippen molar-refractivity contribution in [1.82, 2.24) is 0 Å². The molecule has 0 spiro atoms. The summed E-state index contributed by atoms with van der Waals surface area (Å²) < 4.78 is 10.4. The van der Waals surface area contributed by atoms with Gasteiger partial charge in [-0.1, -0.05) is 52.3 Å². The second-order valence-corrected chi connectivity index (χ2v) is 5.12. The molecule has 0 saturated carbocycles. The summed E-state index contributed by atoms with van der Waals surface area (Å²) in [5.41, 5.74) is 1.50. The molecule has 0 radical (unpaired) electrons. The van der Waals surface area contributed by atoms with Crippen LogP contribution in [0.15, 0.2) is 48.5 Å². The summed E-state index contributed by atoms with van der Waals surface area (Å²) in [7, 11) is 3.15. The van der Waals surface area contributed by atoms with E-state index in [9.17, 15) is 4.79 Å². The summed E-state index contributed by atoms with van der Waals surface area (Å²) in [4.78, 5) is 12.0. The van der Waals surface area contributed by atoms with Gasteiger partial charge in [0.1, 0.15) is 4.83 Å². The van der Waals surface area contributed by atoms with Crippen LogP contribution in [0.25, 0.3) is 0 Å². The van der Waals surface area contributed by atoms with E-state index < -0.39 is 4.83 Å². The summed E-state index contributed by atoms with van der Waals surface area (Å²) in [6.07, 6.45) is 0. The van der Waals surface area contributed by atoms with Crippen molar-refractivity contribution in [2.75, 3.05) is 14.2 Å². The van der Waals surface area contributed by atoms with E-state index in [0.29, 0.717) is 17.1 Å². The van der Waals surface area contributed by atoms with Gasteiger partial charge in [0.05, 0.1) is 14.2 Å². The third-order valence-corrected chi connectivity index (χ3v) is 3.93. The highest BCUT2D eigenvalue weighted by atomic mass is 79.9. The van der Waals surface area contributed by atoms with Crippen molar-refractivity contribution < 1.29 is 14.3 Å². The van der Waals surface area contributed by atoms with E-state index in [0.717, 1.165) is 5.56 Å². The second-order valence-electron chi connectivity index (χ2n) is 4.21. The number of carbonyl (C=O) groups is 1. The summed E-state index contributed by atoms with van der Waals surface area (Å²) in [5.74, 6) is 1.26. The SMILES string of the molecule is COc1ccc([C@@H](Br)C(=O)c2ccccc2)cc1OC. The number of ether oxygens (including phenoxy) is 2. The molecule has 104 valence electrons.